The Hall–Kier alpha value is -7.02. The van der Waals surface area contributed by atoms with E-state index in [0.717, 1.165) is 0 Å². The molecule has 0 spiro atoms. The van der Waals surface area contributed by atoms with Crippen LogP contribution in [0.15, 0.2) is 194 Å². The van der Waals surface area contributed by atoms with Crippen LogP contribution in [0.5, 0.6) is 0 Å². The molecule has 0 aliphatic heterocycles. The summed E-state index contributed by atoms with van der Waals surface area (Å²) in [6.07, 6.45) is 0. The molecule has 12 aromatic carbocycles. The van der Waals surface area contributed by atoms with Gasteiger partial charge >= 0.3 is 0 Å². The lowest BCUT2D eigenvalue weighted by atomic mass is 9.88. The van der Waals surface area contributed by atoms with E-state index in [0.29, 0.717) is 0 Å². The molecule has 0 heterocycles. The first-order chi connectivity index (χ1) is 26.7. The molecular weight excluding hydrogens is 649 g/mol. The van der Waals surface area contributed by atoms with Gasteiger partial charge in [-0.3, -0.25) is 0 Å². The standard InChI is InChI=1S/C54H32/c1-3-11-36-25-49-45(21-34(36)9-1)31-47(51-27-38-13-5-7-15-40(38)29-53(49)51)42-19-17-33-18-20-43(24-44(33)23-42)48-32-46-22-35-10-2-4-12-37(35)26-50(46)54-30-41-16-8-6-14-39(41)28-52(48)54/h1-32H. The topological polar surface area (TPSA) is 0 Å². The molecule has 0 aliphatic rings. The van der Waals surface area contributed by atoms with Crippen LogP contribution in [0.1, 0.15) is 0 Å². The molecule has 0 aromatic heterocycles. The van der Waals surface area contributed by atoms with Gasteiger partial charge in [-0.2, -0.15) is 0 Å². The third kappa shape index (κ3) is 4.50. The molecule has 12 rings (SSSR count). The summed E-state index contributed by atoms with van der Waals surface area (Å²) in [5, 5.41) is 22.9. The fraction of sp³-hybridized carbons (Fsp3) is 0. The van der Waals surface area contributed by atoms with Crippen LogP contribution in [0.25, 0.3) is 119 Å². The van der Waals surface area contributed by atoms with E-state index in [4.69, 9.17) is 0 Å². The highest BCUT2D eigenvalue weighted by atomic mass is 14.2. The summed E-state index contributed by atoms with van der Waals surface area (Å²) in [5.74, 6) is 0. The first-order valence-corrected chi connectivity index (χ1v) is 18.8. The number of benzene rings is 12. The molecule has 0 nitrogen and oxygen atoms in total. The van der Waals surface area contributed by atoms with Crippen molar-refractivity contribution in [1.29, 1.82) is 0 Å². The van der Waals surface area contributed by atoms with E-state index < -0.39 is 0 Å². The van der Waals surface area contributed by atoms with Gasteiger partial charge in [-0.25, -0.2) is 0 Å². The minimum atomic E-state index is 1.23. The van der Waals surface area contributed by atoms with E-state index in [9.17, 15) is 0 Å². The van der Waals surface area contributed by atoms with Gasteiger partial charge < -0.3 is 0 Å². The van der Waals surface area contributed by atoms with Crippen molar-refractivity contribution in [3.63, 3.8) is 0 Å². The van der Waals surface area contributed by atoms with Crippen LogP contribution in [0, 0.1) is 0 Å². The lowest BCUT2D eigenvalue weighted by Crippen LogP contribution is -1.88. The normalized spacial score (nSPS) is 12.1. The summed E-state index contributed by atoms with van der Waals surface area (Å²) in [6.45, 7) is 0. The molecule has 0 saturated carbocycles. The average Bonchev–Trinajstić information content (AvgIpc) is 3.23. The average molecular weight is 681 g/mol. The van der Waals surface area contributed by atoms with Crippen molar-refractivity contribution in [2.24, 2.45) is 0 Å². The van der Waals surface area contributed by atoms with Gasteiger partial charge in [-0.15, -0.1) is 0 Å². The Bertz CT molecular complexity index is 3320. The van der Waals surface area contributed by atoms with E-state index in [1.165, 1.54) is 119 Å². The van der Waals surface area contributed by atoms with Crippen LogP contribution < -0.4 is 0 Å². The number of fused-ring (bicyclic) bond motifs is 11. The number of hydrogen-bond donors (Lipinski definition) is 0. The fourth-order valence-electron chi connectivity index (χ4n) is 9.12. The summed E-state index contributed by atoms with van der Waals surface area (Å²) >= 11 is 0. The predicted octanol–water partition coefficient (Wildman–Crippen LogP) is 15.4. The third-order valence-corrected chi connectivity index (χ3v) is 11.8. The van der Waals surface area contributed by atoms with E-state index in [1.807, 2.05) is 0 Å². The Labute approximate surface area is 312 Å². The molecule has 0 aliphatic carbocycles. The van der Waals surface area contributed by atoms with Crippen LogP contribution >= 0.6 is 0 Å². The second-order valence-corrected chi connectivity index (χ2v) is 15.0. The summed E-state index contributed by atoms with van der Waals surface area (Å²) in [7, 11) is 0. The molecule has 54 heavy (non-hydrogen) atoms. The molecule has 0 unspecified atom stereocenters. The molecule has 0 heteroatoms. The molecule has 0 N–H and O–H groups in total. The van der Waals surface area contributed by atoms with Gasteiger partial charge in [0.05, 0.1) is 0 Å². The SMILES string of the molecule is c1ccc2cc3c(cc(-c4ccc5ccc(-c6cc7cc8ccccc8cc7c7cc8ccccc8cc67)cc5c4)c4cc5ccccc5cc43)cc2c1. The maximum atomic E-state index is 2.41. The van der Waals surface area contributed by atoms with Gasteiger partial charge in [0.1, 0.15) is 0 Å². The maximum absolute atomic E-state index is 2.41. The summed E-state index contributed by atoms with van der Waals surface area (Å²) in [5.41, 5.74) is 4.99. The molecule has 0 amide bonds. The van der Waals surface area contributed by atoms with Crippen LogP contribution in [0.3, 0.4) is 0 Å². The van der Waals surface area contributed by atoms with E-state index in [2.05, 4.69) is 194 Å². The third-order valence-electron chi connectivity index (χ3n) is 11.8. The van der Waals surface area contributed by atoms with Gasteiger partial charge in [0.2, 0.25) is 0 Å². The highest BCUT2D eigenvalue weighted by molar-refractivity contribution is 6.22. The Morgan fingerprint density at radius 3 is 0.852 bits per heavy atom. The highest BCUT2D eigenvalue weighted by Gasteiger charge is 2.15. The molecular formula is C54H32. The van der Waals surface area contributed by atoms with Crippen LogP contribution in [-0.4, -0.2) is 0 Å². The zero-order valence-corrected chi connectivity index (χ0v) is 29.5. The zero-order chi connectivity index (χ0) is 35.3. The maximum Gasteiger partial charge on any atom is -0.00926 e. The monoisotopic (exact) mass is 680 g/mol. The Morgan fingerprint density at radius 2 is 0.481 bits per heavy atom. The van der Waals surface area contributed by atoms with E-state index in [-0.39, 0.29) is 0 Å². The minimum Gasteiger partial charge on any atom is -0.0616 e. The van der Waals surface area contributed by atoms with Crippen molar-refractivity contribution in [1.82, 2.24) is 0 Å². The van der Waals surface area contributed by atoms with Crippen molar-refractivity contribution < 1.29 is 0 Å². The quantitative estimate of drug-likeness (QED) is 0.126. The first-order valence-electron chi connectivity index (χ1n) is 18.8. The lowest BCUT2D eigenvalue weighted by molar-refractivity contribution is 1.69. The Morgan fingerprint density at radius 1 is 0.167 bits per heavy atom. The van der Waals surface area contributed by atoms with Gasteiger partial charge in [0.15, 0.2) is 0 Å². The molecule has 0 radical (unpaired) electrons. The zero-order valence-electron chi connectivity index (χ0n) is 29.5. The summed E-state index contributed by atoms with van der Waals surface area (Å²) in [4.78, 5) is 0. The predicted molar refractivity (Wildman–Crippen MR) is 235 cm³/mol. The van der Waals surface area contributed by atoms with Crippen molar-refractivity contribution in [3.8, 4) is 22.3 Å². The number of rotatable bonds is 2. The fourth-order valence-corrected chi connectivity index (χ4v) is 9.12. The van der Waals surface area contributed by atoms with Gasteiger partial charge in [-0.1, -0.05) is 121 Å². The van der Waals surface area contributed by atoms with Crippen molar-refractivity contribution in [2.45, 2.75) is 0 Å². The largest absolute Gasteiger partial charge is 0.0616 e. The van der Waals surface area contributed by atoms with E-state index >= 15 is 0 Å². The highest BCUT2D eigenvalue weighted by Crippen LogP contribution is 2.42. The van der Waals surface area contributed by atoms with Crippen LogP contribution in [-0.2, 0) is 0 Å². The molecule has 0 saturated heterocycles. The number of hydrogen-bond acceptors (Lipinski definition) is 0. The first kappa shape index (κ1) is 29.5. The van der Waals surface area contributed by atoms with E-state index in [1.54, 1.807) is 0 Å². The molecule has 248 valence electrons. The van der Waals surface area contributed by atoms with Crippen molar-refractivity contribution >= 4 is 97.0 Å². The smallest absolute Gasteiger partial charge is 0.00926 e. The molecule has 0 fully saturated rings. The Balaban J connectivity index is 1.11. The summed E-state index contributed by atoms with van der Waals surface area (Å²) < 4.78 is 0. The Kier molecular flexibility index (Phi) is 6.15. The van der Waals surface area contributed by atoms with Crippen molar-refractivity contribution in [3.05, 3.63) is 194 Å². The van der Waals surface area contributed by atoms with Crippen LogP contribution in [0.2, 0.25) is 0 Å². The van der Waals surface area contributed by atoms with Crippen LogP contribution in [0.4, 0.5) is 0 Å². The second-order valence-electron chi connectivity index (χ2n) is 15.0. The summed E-state index contributed by atoms with van der Waals surface area (Å²) in [6, 6.07) is 72.8. The second kappa shape index (κ2) is 11.2. The van der Waals surface area contributed by atoms with Crippen molar-refractivity contribution in [2.75, 3.05) is 0 Å². The minimum absolute atomic E-state index is 1.23. The van der Waals surface area contributed by atoms with Gasteiger partial charge in [0, 0.05) is 0 Å². The van der Waals surface area contributed by atoms with Gasteiger partial charge in [-0.05, 0) is 192 Å². The molecule has 12 aromatic rings. The molecule has 0 atom stereocenters. The molecule has 0 bridgehead atoms. The van der Waals surface area contributed by atoms with Gasteiger partial charge in [0.25, 0.3) is 0 Å². The lowest BCUT2D eigenvalue weighted by Gasteiger charge is -2.16.